The molecule has 0 aliphatic heterocycles. The molecule has 0 fully saturated rings. The Morgan fingerprint density at radius 2 is 1.92 bits per heavy atom. The molecule has 1 aliphatic rings. The van der Waals surface area contributed by atoms with E-state index in [4.69, 9.17) is 10.5 Å². The number of carbonyl (C=O) groups is 4. The molecule has 25 heavy (non-hydrogen) atoms. The number of ether oxygens (including phenoxy) is 1. The molecule has 0 radical (unpaired) electrons. The fourth-order valence-electron chi connectivity index (χ4n) is 2.64. The predicted molar refractivity (Wildman–Crippen MR) is 92.4 cm³/mol. The Labute approximate surface area is 149 Å². The fourth-order valence-corrected chi connectivity index (χ4v) is 3.95. The Morgan fingerprint density at radius 1 is 1.20 bits per heavy atom. The molecule has 9 heteroatoms. The van der Waals surface area contributed by atoms with Crippen molar-refractivity contribution in [2.24, 2.45) is 5.73 Å². The second-order valence-electron chi connectivity index (χ2n) is 5.72. The summed E-state index contributed by atoms with van der Waals surface area (Å²) in [6.07, 6.45) is 3.66. The number of nitrogens with one attached hydrogen (secondary N) is 2. The van der Waals surface area contributed by atoms with Crippen LogP contribution in [0.15, 0.2) is 0 Å². The first-order valence-corrected chi connectivity index (χ1v) is 8.84. The van der Waals surface area contributed by atoms with Gasteiger partial charge in [0.05, 0.1) is 12.0 Å². The van der Waals surface area contributed by atoms with Gasteiger partial charge in [0.2, 0.25) is 5.91 Å². The quantitative estimate of drug-likeness (QED) is 0.612. The van der Waals surface area contributed by atoms with E-state index in [1.54, 1.807) is 0 Å². The number of amides is 3. The van der Waals surface area contributed by atoms with Crippen LogP contribution in [-0.4, -0.2) is 36.8 Å². The van der Waals surface area contributed by atoms with Gasteiger partial charge in [-0.05, 0) is 31.2 Å². The molecule has 2 rings (SSSR count). The number of primary amides is 1. The summed E-state index contributed by atoms with van der Waals surface area (Å²) in [7, 11) is 0. The average Bonchev–Trinajstić information content (AvgIpc) is 2.90. The molecule has 1 heterocycles. The van der Waals surface area contributed by atoms with Crippen LogP contribution in [0.25, 0.3) is 0 Å². The van der Waals surface area contributed by atoms with E-state index in [2.05, 4.69) is 10.6 Å². The summed E-state index contributed by atoms with van der Waals surface area (Å²) < 4.78 is 4.85. The molecule has 0 aromatic carbocycles. The Balaban J connectivity index is 1.90. The second kappa shape index (κ2) is 8.61. The van der Waals surface area contributed by atoms with Crippen LogP contribution in [0.2, 0.25) is 0 Å². The first-order chi connectivity index (χ1) is 11.9. The second-order valence-corrected chi connectivity index (χ2v) is 6.83. The topological polar surface area (TPSA) is 128 Å². The van der Waals surface area contributed by atoms with Crippen molar-refractivity contribution < 1.29 is 23.9 Å². The smallest absolute Gasteiger partial charge is 0.308 e. The van der Waals surface area contributed by atoms with Gasteiger partial charge < -0.3 is 21.1 Å². The van der Waals surface area contributed by atoms with E-state index in [9.17, 15) is 19.2 Å². The number of carbonyl (C=O) groups excluding carboxylic acids is 4. The highest BCUT2D eigenvalue weighted by Crippen LogP contribution is 2.37. The third kappa shape index (κ3) is 5.28. The largest absolute Gasteiger partial charge is 0.456 e. The van der Waals surface area contributed by atoms with Crippen molar-refractivity contribution in [3.05, 3.63) is 16.0 Å². The summed E-state index contributed by atoms with van der Waals surface area (Å²) in [6.45, 7) is 1.04. The number of hydrogen-bond donors (Lipinski definition) is 3. The van der Waals surface area contributed by atoms with Gasteiger partial charge in [0.1, 0.15) is 5.00 Å². The van der Waals surface area contributed by atoms with Gasteiger partial charge in [0, 0.05) is 18.3 Å². The minimum absolute atomic E-state index is 0.0211. The molecule has 8 nitrogen and oxygen atoms in total. The van der Waals surface area contributed by atoms with E-state index in [0.29, 0.717) is 10.6 Å². The minimum atomic E-state index is -0.593. The standard InChI is InChI=1S/C16H21N3O5S/c1-9(20)18-7-6-13(22)24-8-12(21)19-16-14(15(17)23)10-4-2-3-5-11(10)25-16/h2-8H2,1H3,(H2,17,23)(H,18,20)(H,19,21). The minimum Gasteiger partial charge on any atom is -0.456 e. The van der Waals surface area contributed by atoms with Crippen molar-refractivity contribution in [2.45, 2.75) is 39.0 Å². The van der Waals surface area contributed by atoms with Gasteiger partial charge in [-0.25, -0.2) is 0 Å². The molecule has 4 N–H and O–H groups in total. The maximum Gasteiger partial charge on any atom is 0.308 e. The number of esters is 1. The third-order valence-corrected chi connectivity index (χ3v) is 4.95. The Kier molecular flexibility index (Phi) is 6.51. The number of aryl methyl sites for hydroxylation is 1. The molecule has 0 saturated carbocycles. The molecule has 0 saturated heterocycles. The van der Waals surface area contributed by atoms with Crippen LogP contribution < -0.4 is 16.4 Å². The van der Waals surface area contributed by atoms with Crippen LogP contribution in [0, 0.1) is 0 Å². The lowest BCUT2D eigenvalue weighted by Gasteiger charge is -2.11. The van der Waals surface area contributed by atoms with E-state index in [1.165, 1.54) is 18.3 Å². The molecule has 0 atom stereocenters. The molecule has 1 aromatic heterocycles. The lowest BCUT2D eigenvalue weighted by Crippen LogP contribution is -2.26. The summed E-state index contributed by atoms with van der Waals surface area (Å²) in [5, 5.41) is 5.49. The zero-order valence-electron chi connectivity index (χ0n) is 14.0. The predicted octanol–water partition coefficient (Wildman–Crippen LogP) is 0.734. The third-order valence-electron chi connectivity index (χ3n) is 3.74. The number of nitrogens with two attached hydrogens (primary N) is 1. The molecule has 1 aromatic rings. The molecular formula is C16H21N3O5S. The van der Waals surface area contributed by atoms with Crippen molar-refractivity contribution in [2.75, 3.05) is 18.5 Å². The monoisotopic (exact) mass is 367 g/mol. The zero-order chi connectivity index (χ0) is 18.4. The van der Waals surface area contributed by atoms with Gasteiger partial charge in [0.15, 0.2) is 6.61 Å². The van der Waals surface area contributed by atoms with Crippen LogP contribution in [0.5, 0.6) is 0 Å². The lowest BCUT2D eigenvalue weighted by molar-refractivity contribution is -0.147. The fraction of sp³-hybridized carbons (Fsp3) is 0.500. The molecular weight excluding hydrogens is 346 g/mol. The highest BCUT2D eigenvalue weighted by Gasteiger charge is 2.25. The van der Waals surface area contributed by atoms with E-state index in [1.807, 2.05) is 0 Å². The highest BCUT2D eigenvalue weighted by atomic mass is 32.1. The summed E-state index contributed by atoms with van der Waals surface area (Å²) in [5.41, 5.74) is 6.75. The molecule has 1 aliphatic carbocycles. The van der Waals surface area contributed by atoms with Gasteiger partial charge in [-0.1, -0.05) is 0 Å². The maximum absolute atomic E-state index is 12.0. The van der Waals surface area contributed by atoms with E-state index in [-0.39, 0.29) is 18.9 Å². The number of rotatable bonds is 7. The summed E-state index contributed by atoms with van der Waals surface area (Å²) in [5.74, 6) is -1.94. The van der Waals surface area contributed by atoms with Crippen molar-refractivity contribution in [3.8, 4) is 0 Å². The van der Waals surface area contributed by atoms with Crippen LogP contribution in [-0.2, 0) is 32.0 Å². The normalized spacial score (nSPS) is 12.8. The lowest BCUT2D eigenvalue weighted by atomic mass is 9.95. The first kappa shape index (κ1) is 18.9. The Bertz CT molecular complexity index is 698. The van der Waals surface area contributed by atoms with E-state index in [0.717, 1.165) is 36.1 Å². The Hall–Kier alpha value is -2.42. The zero-order valence-corrected chi connectivity index (χ0v) is 14.8. The SMILES string of the molecule is CC(=O)NCCC(=O)OCC(=O)Nc1sc2c(c1C(N)=O)CCCC2. The van der Waals surface area contributed by atoms with Gasteiger partial charge in [0.25, 0.3) is 11.8 Å². The molecule has 0 spiro atoms. The number of thiophene rings is 1. The Morgan fingerprint density at radius 3 is 2.60 bits per heavy atom. The van der Waals surface area contributed by atoms with Gasteiger partial charge in [-0.3, -0.25) is 19.2 Å². The van der Waals surface area contributed by atoms with Crippen molar-refractivity contribution >= 4 is 40.0 Å². The number of hydrogen-bond acceptors (Lipinski definition) is 6. The van der Waals surface area contributed by atoms with Crippen LogP contribution in [0.4, 0.5) is 5.00 Å². The van der Waals surface area contributed by atoms with E-state index >= 15 is 0 Å². The summed E-state index contributed by atoms with van der Waals surface area (Å²) in [4.78, 5) is 47.0. The first-order valence-electron chi connectivity index (χ1n) is 8.02. The highest BCUT2D eigenvalue weighted by molar-refractivity contribution is 7.17. The molecule has 0 bridgehead atoms. The van der Waals surface area contributed by atoms with Crippen molar-refractivity contribution in [3.63, 3.8) is 0 Å². The van der Waals surface area contributed by atoms with Crippen molar-refractivity contribution in [1.82, 2.24) is 5.32 Å². The van der Waals surface area contributed by atoms with Gasteiger partial charge in [-0.2, -0.15) is 0 Å². The average molecular weight is 367 g/mol. The van der Waals surface area contributed by atoms with Gasteiger partial charge in [-0.15, -0.1) is 11.3 Å². The summed E-state index contributed by atoms with van der Waals surface area (Å²) in [6, 6.07) is 0. The van der Waals surface area contributed by atoms with Crippen LogP contribution in [0.1, 0.15) is 47.0 Å². The summed E-state index contributed by atoms with van der Waals surface area (Å²) >= 11 is 1.35. The maximum atomic E-state index is 12.0. The van der Waals surface area contributed by atoms with Gasteiger partial charge >= 0.3 is 5.97 Å². The van der Waals surface area contributed by atoms with Crippen molar-refractivity contribution in [1.29, 1.82) is 0 Å². The number of fused-ring (bicyclic) bond motifs is 1. The van der Waals surface area contributed by atoms with E-state index < -0.39 is 24.4 Å². The van der Waals surface area contributed by atoms with Crippen LogP contribution in [0.3, 0.4) is 0 Å². The number of anilines is 1. The molecule has 3 amide bonds. The molecule has 136 valence electrons. The molecule has 0 unspecified atom stereocenters. The van der Waals surface area contributed by atoms with Crippen LogP contribution >= 0.6 is 11.3 Å².